The molecule has 0 aromatic heterocycles. The van der Waals surface area contributed by atoms with Gasteiger partial charge >= 0.3 is 0 Å². The summed E-state index contributed by atoms with van der Waals surface area (Å²) in [7, 11) is 3.81. The number of hydrogen-bond donors (Lipinski definition) is 1. The van der Waals surface area contributed by atoms with Crippen LogP contribution in [0.3, 0.4) is 0 Å². The molecule has 0 unspecified atom stereocenters. The molecule has 1 aromatic carbocycles. The third-order valence-corrected chi connectivity index (χ3v) is 6.11. The Labute approximate surface area is 143 Å². The van der Waals surface area contributed by atoms with Gasteiger partial charge in [0.15, 0.2) is 0 Å². The third-order valence-electron chi connectivity index (χ3n) is 6.11. The molecule has 1 aromatic rings. The Morgan fingerprint density at radius 3 is 3.08 bits per heavy atom. The summed E-state index contributed by atoms with van der Waals surface area (Å²) in [6, 6.07) is 5.56. The van der Waals surface area contributed by atoms with Crippen molar-refractivity contribution in [2.75, 3.05) is 33.8 Å². The monoisotopic (exact) mass is 330 g/mol. The number of amides is 1. The maximum atomic E-state index is 12.5. The van der Waals surface area contributed by atoms with E-state index in [1.54, 1.807) is 7.11 Å². The van der Waals surface area contributed by atoms with E-state index < -0.39 is 0 Å². The molecule has 1 spiro atoms. The smallest absolute Gasteiger partial charge is 0.251 e. The highest BCUT2D eigenvalue weighted by Gasteiger charge is 2.62. The van der Waals surface area contributed by atoms with Crippen molar-refractivity contribution in [1.29, 1.82) is 0 Å². The van der Waals surface area contributed by atoms with Crippen LogP contribution < -0.4 is 10.1 Å². The number of nitrogens with zero attached hydrogens (tertiary/aromatic N) is 1. The van der Waals surface area contributed by atoms with Gasteiger partial charge in [-0.1, -0.05) is 0 Å². The number of rotatable bonds is 4. The van der Waals surface area contributed by atoms with Gasteiger partial charge in [0.05, 0.1) is 18.8 Å². The summed E-state index contributed by atoms with van der Waals surface area (Å²) >= 11 is 0. The van der Waals surface area contributed by atoms with Crippen LogP contribution in [0.25, 0.3) is 0 Å². The van der Waals surface area contributed by atoms with Crippen LogP contribution in [0.2, 0.25) is 0 Å². The Kier molecular flexibility index (Phi) is 3.81. The lowest BCUT2D eigenvalue weighted by Gasteiger charge is -2.29. The molecule has 0 radical (unpaired) electrons. The van der Waals surface area contributed by atoms with Crippen LogP contribution in [-0.2, 0) is 4.74 Å². The molecule has 0 aliphatic carbocycles. The van der Waals surface area contributed by atoms with Crippen molar-refractivity contribution in [3.63, 3.8) is 0 Å². The van der Waals surface area contributed by atoms with Crippen LogP contribution in [0.4, 0.5) is 0 Å². The number of benzene rings is 1. The van der Waals surface area contributed by atoms with Gasteiger partial charge in [0, 0.05) is 37.0 Å². The molecule has 5 heteroatoms. The number of ether oxygens (including phenoxy) is 2. The number of aryl methyl sites for hydroxylation is 1. The first kappa shape index (κ1) is 15.9. The molecule has 3 aliphatic heterocycles. The fourth-order valence-electron chi connectivity index (χ4n) is 5.03. The van der Waals surface area contributed by atoms with Crippen molar-refractivity contribution in [3.8, 4) is 5.75 Å². The van der Waals surface area contributed by atoms with E-state index in [1.807, 2.05) is 25.1 Å². The fourth-order valence-corrected chi connectivity index (χ4v) is 5.03. The van der Waals surface area contributed by atoms with Crippen LogP contribution in [0.15, 0.2) is 18.2 Å². The lowest BCUT2D eigenvalue weighted by molar-refractivity contribution is 0.00472. The quantitative estimate of drug-likeness (QED) is 0.915. The number of methoxy groups -OCH3 is 1. The van der Waals surface area contributed by atoms with Gasteiger partial charge in [0.25, 0.3) is 5.91 Å². The number of likely N-dealkylation sites (N-methyl/N-ethyl adjacent to an activating group) is 1. The van der Waals surface area contributed by atoms with Crippen LogP contribution in [0.1, 0.15) is 28.8 Å². The van der Waals surface area contributed by atoms with E-state index in [1.165, 1.54) is 6.42 Å². The molecule has 1 N–H and O–H groups in total. The molecule has 3 fully saturated rings. The molecule has 0 saturated carbocycles. The average molecular weight is 330 g/mol. The van der Waals surface area contributed by atoms with Gasteiger partial charge in [-0.3, -0.25) is 4.79 Å². The molecule has 3 saturated heterocycles. The molecular weight excluding hydrogens is 304 g/mol. The van der Waals surface area contributed by atoms with E-state index in [2.05, 4.69) is 17.3 Å². The minimum atomic E-state index is -0.0103. The number of likely N-dealkylation sites (tertiary alicyclic amines) is 1. The van der Waals surface area contributed by atoms with E-state index in [9.17, 15) is 4.79 Å². The third kappa shape index (κ3) is 2.42. The fraction of sp³-hybridized carbons (Fsp3) is 0.632. The van der Waals surface area contributed by atoms with Gasteiger partial charge in [-0.2, -0.15) is 0 Å². The molecule has 2 bridgehead atoms. The zero-order valence-corrected chi connectivity index (χ0v) is 14.7. The van der Waals surface area contributed by atoms with Crippen LogP contribution in [0, 0.1) is 18.8 Å². The van der Waals surface area contributed by atoms with E-state index >= 15 is 0 Å². The minimum absolute atomic E-state index is 0.0103. The summed E-state index contributed by atoms with van der Waals surface area (Å²) in [6.07, 6.45) is 2.63. The molecule has 4 atom stereocenters. The molecule has 3 aliphatic rings. The largest absolute Gasteiger partial charge is 0.496 e. The van der Waals surface area contributed by atoms with Crippen molar-refractivity contribution in [2.45, 2.75) is 31.5 Å². The van der Waals surface area contributed by atoms with E-state index in [0.29, 0.717) is 30.0 Å². The second kappa shape index (κ2) is 5.74. The van der Waals surface area contributed by atoms with Crippen LogP contribution in [-0.4, -0.2) is 56.3 Å². The van der Waals surface area contributed by atoms with Crippen molar-refractivity contribution in [3.05, 3.63) is 29.3 Å². The lowest BCUT2D eigenvalue weighted by Crippen LogP contribution is -2.41. The summed E-state index contributed by atoms with van der Waals surface area (Å²) in [5.41, 5.74) is 1.73. The van der Waals surface area contributed by atoms with Gasteiger partial charge in [-0.15, -0.1) is 0 Å². The van der Waals surface area contributed by atoms with Gasteiger partial charge in [0.2, 0.25) is 0 Å². The normalized spacial score (nSPS) is 34.4. The Balaban J connectivity index is 1.42. The summed E-state index contributed by atoms with van der Waals surface area (Å²) < 4.78 is 11.6. The number of carbonyl (C=O) groups excluding carboxylic acids is 1. The second-order valence-corrected chi connectivity index (χ2v) is 7.62. The Morgan fingerprint density at radius 1 is 1.50 bits per heavy atom. The lowest BCUT2D eigenvalue weighted by atomic mass is 9.73. The van der Waals surface area contributed by atoms with E-state index in [4.69, 9.17) is 9.47 Å². The van der Waals surface area contributed by atoms with Crippen molar-refractivity contribution in [1.82, 2.24) is 10.2 Å². The summed E-state index contributed by atoms with van der Waals surface area (Å²) in [4.78, 5) is 14.9. The molecule has 1 amide bonds. The summed E-state index contributed by atoms with van der Waals surface area (Å²) in [6.45, 7) is 4.78. The van der Waals surface area contributed by atoms with Crippen molar-refractivity contribution < 1.29 is 14.3 Å². The number of fused-ring (bicyclic) bond motifs is 1. The molecule has 24 heavy (non-hydrogen) atoms. The van der Waals surface area contributed by atoms with Crippen molar-refractivity contribution >= 4 is 5.91 Å². The predicted octanol–water partition coefficient (Wildman–Crippen LogP) is 1.84. The highest BCUT2D eigenvalue weighted by Crippen LogP contribution is 2.54. The highest BCUT2D eigenvalue weighted by atomic mass is 16.5. The first-order chi connectivity index (χ1) is 11.5. The second-order valence-electron chi connectivity index (χ2n) is 7.62. The predicted molar refractivity (Wildman–Crippen MR) is 91.4 cm³/mol. The maximum Gasteiger partial charge on any atom is 0.251 e. The average Bonchev–Trinajstić information content (AvgIpc) is 3.19. The first-order valence-electron chi connectivity index (χ1n) is 8.81. The topological polar surface area (TPSA) is 50.8 Å². The van der Waals surface area contributed by atoms with Crippen LogP contribution in [0.5, 0.6) is 5.75 Å². The molecular formula is C19H26N2O3. The van der Waals surface area contributed by atoms with Gasteiger partial charge in [-0.05, 0) is 50.6 Å². The standard InChI is InChI=1S/C19H26N2O3/c1-12-8-13(4-5-16(12)23-3)18(22)20-9-14-15-10-21(2)11-19(15)7-6-17(14)24-19/h4-5,8,14-15,17H,6-7,9-11H2,1-3H3,(H,20,22)/t14-,15+,17+,19+/m0/s1. The van der Waals surface area contributed by atoms with Crippen LogP contribution >= 0.6 is 0 Å². The van der Waals surface area contributed by atoms with E-state index in [-0.39, 0.29) is 11.5 Å². The zero-order valence-electron chi connectivity index (χ0n) is 14.7. The maximum absolute atomic E-state index is 12.5. The number of nitrogens with one attached hydrogen (secondary N) is 1. The number of carbonyl (C=O) groups is 1. The summed E-state index contributed by atoms with van der Waals surface area (Å²) in [5.74, 6) is 1.79. The summed E-state index contributed by atoms with van der Waals surface area (Å²) in [5, 5.41) is 3.14. The highest BCUT2D eigenvalue weighted by molar-refractivity contribution is 5.94. The molecule has 5 nitrogen and oxygen atoms in total. The van der Waals surface area contributed by atoms with Gasteiger partial charge in [0.1, 0.15) is 5.75 Å². The molecule has 3 heterocycles. The number of hydrogen-bond acceptors (Lipinski definition) is 4. The first-order valence-corrected chi connectivity index (χ1v) is 8.81. The van der Waals surface area contributed by atoms with Gasteiger partial charge < -0.3 is 19.7 Å². The Hall–Kier alpha value is -1.59. The molecule has 4 rings (SSSR count). The SMILES string of the molecule is COc1ccc(C(=O)NC[C@H]2[C@H]3CN(C)C[C@]34CC[C@H]2O4)cc1C. The molecule has 130 valence electrons. The minimum Gasteiger partial charge on any atom is -0.496 e. The van der Waals surface area contributed by atoms with E-state index in [0.717, 1.165) is 30.8 Å². The Morgan fingerprint density at radius 2 is 2.33 bits per heavy atom. The zero-order chi connectivity index (χ0) is 16.9. The Bertz CT molecular complexity index is 662. The van der Waals surface area contributed by atoms with Crippen molar-refractivity contribution in [2.24, 2.45) is 11.8 Å². The van der Waals surface area contributed by atoms with Gasteiger partial charge in [-0.25, -0.2) is 0 Å².